The average Bonchev–Trinajstić information content (AvgIpc) is 3.22. The van der Waals surface area contributed by atoms with Gasteiger partial charge < -0.3 is 30.3 Å². The molecule has 2 aromatic carbocycles. The number of anilines is 3. The van der Waals surface area contributed by atoms with Crippen molar-refractivity contribution in [3.63, 3.8) is 0 Å². The maximum atomic E-state index is 12.6. The van der Waals surface area contributed by atoms with Crippen LogP contribution in [0.4, 0.5) is 30.2 Å². The molecule has 0 spiro atoms. The van der Waals surface area contributed by atoms with Crippen LogP contribution in [0.1, 0.15) is 5.69 Å². The van der Waals surface area contributed by atoms with Crippen molar-refractivity contribution < 1.29 is 61.2 Å². The van der Waals surface area contributed by atoms with Crippen LogP contribution in [0.2, 0.25) is 0 Å². The van der Waals surface area contributed by atoms with E-state index in [1.807, 2.05) is 65.6 Å². The van der Waals surface area contributed by atoms with Crippen LogP contribution in [0.25, 0.3) is 39.6 Å². The Bertz CT molecular complexity index is 2310. The molecule has 19 heteroatoms. The van der Waals surface area contributed by atoms with Gasteiger partial charge in [0.05, 0.1) is 22.8 Å². The van der Waals surface area contributed by atoms with Gasteiger partial charge in [-0.1, -0.05) is 48.6 Å². The van der Waals surface area contributed by atoms with Crippen LogP contribution in [-0.4, -0.2) is 56.4 Å². The van der Waals surface area contributed by atoms with E-state index >= 15 is 0 Å². The molecule has 0 unspecified atom stereocenters. The van der Waals surface area contributed by atoms with E-state index in [1.54, 1.807) is 6.07 Å². The van der Waals surface area contributed by atoms with Gasteiger partial charge in [-0.25, -0.2) is 4.98 Å². The number of alkyl halides is 3. The molecule has 2 N–H and O–H groups in total. The van der Waals surface area contributed by atoms with E-state index in [0.717, 1.165) is 11.4 Å². The van der Waals surface area contributed by atoms with Crippen LogP contribution in [0.3, 0.4) is 0 Å². The summed E-state index contributed by atoms with van der Waals surface area (Å²) in [7, 11) is 0. The third-order valence-corrected chi connectivity index (χ3v) is 7.24. The predicted octanol–water partition coefficient (Wildman–Crippen LogP) is 8.99. The summed E-state index contributed by atoms with van der Waals surface area (Å²) in [5, 5.41) is 15.5. The van der Waals surface area contributed by atoms with Gasteiger partial charge in [-0.3, -0.25) is 34.7 Å². The summed E-state index contributed by atoms with van der Waals surface area (Å²) in [6, 6.07) is 31.2. The first kappa shape index (κ1) is 46.1. The second-order valence-corrected chi connectivity index (χ2v) is 11.1. The van der Waals surface area contributed by atoms with Crippen LogP contribution >= 0.6 is 12.2 Å². The summed E-state index contributed by atoms with van der Waals surface area (Å²) >= 11 is 3.70. The van der Waals surface area contributed by atoms with Crippen LogP contribution in [-0.2, 0) is 33.9 Å². The number of carbonyl (C=O) groups excluding carboxylic acids is 3. The quantitative estimate of drug-likeness (QED) is 0.0499. The molecule has 0 saturated carbocycles. The van der Waals surface area contributed by atoms with Crippen LogP contribution in [0.5, 0.6) is 17.2 Å². The number of nitrogens with zero attached hydrogens (tertiary/aromatic N) is 6. The van der Waals surface area contributed by atoms with Gasteiger partial charge in [-0.2, -0.15) is 18.3 Å². The zero-order chi connectivity index (χ0) is 41.9. The second kappa shape index (κ2) is 23.0. The molecule has 0 atom stereocenters. The molecule has 0 radical (unpaired) electrons. The number of nitrogens with one attached hydrogen (secondary N) is 2. The smallest absolute Gasteiger partial charge is 0.753 e. The van der Waals surface area contributed by atoms with Gasteiger partial charge in [0.2, 0.25) is 0 Å². The number of thiocarbonyl (C=S) groups is 1. The normalized spacial score (nSPS) is 10.3. The number of carbonyl (C=O) groups is 3. The molecule has 4 aromatic heterocycles. The molecule has 0 aliphatic rings. The minimum Gasteiger partial charge on any atom is -0.753 e. The van der Waals surface area contributed by atoms with Gasteiger partial charge in [0, 0.05) is 65.6 Å². The minimum absolute atomic E-state index is 0. The van der Waals surface area contributed by atoms with Gasteiger partial charge in [0.15, 0.2) is 0 Å². The van der Waals surface area contributed by atoms with Crippen LogP contribution in [0.15, 0.2) is 134 Å². The number of rotatable bonds is 13. The standard InChI is InChI=1S/C21H16F3N4.C18H11N3O6.CNS.Ru/c22-21(23,24)20(26)14-18(25)19-13-17(11-12-27-19)28(15-7-3-1-4-8-15)16-9-5-2-6-10-16;22-9-25-12-1-3-19-15(5-12)17-7-14(27-11-24)8-18(21-17)16-6-13(26-10-23)2-4-20-16;2-1-3;/h1-14,25-26H;1-11H;;/q-1;;-1;+2/b18-14-,26-20?;;;. The molecule has 6 rings (SSSR count). The van der Waals surface area contributed by atoms with Crippen LogP contribution in [0, 0.1) is 5.41 Å². The summed E-state index contributed by atoms with van der Waals surface area (Å²) in [4.78, 5) is 50.5. The molecule has 6 aromatic rings. The molecule has 4 heterocycles. The Morgan fingerprint density at radius 2 is 1.10 bits per heavy atom. The second-order valence-electron chi connectivity index (χ2n) is 10.9. The van der Waals surface area contributed by atoms with Crippen molar-refractivity contribution in [1.29, 1.82) is 5.41 Å². The Balaban J connectivity index is 0.000000291. The van der Waals surface area contributed by atoms with E-state index in [2.05, 4.69) is 32.2 Å². The molecule has 298 valence electrons. The molecule has 0 aliphatic heterocycles. The third kappa shape index (κ3) is 13.7. The molecular formula is C40H27F3N8O6RuS. The maximum absolute atomic E-state index is 12.6. The Morgan fingerprint density at radius 1 is 0.678 bits per heavy atom. The third-order valence-electron chi connectivity index (χ3n) is 7.24. The van der Waals surface area contributed by atoms with Crippen molar-refractivity contribution in [1.82, 2.24) is 19.9 Å². The van der Waals surface area contributed by atoms with Crippen molar-refractivity contribution >= 4 is 65.3 Å². The van der Waals surface area contributed by atoms with Gasteiger partial charge in [0.1, 0.15) is 23.0 Å². The van der Waals surface area contributed by atoms with E-state index in [-0.39, 0.29) is 48.9 Å². The van der Waals surface area contributed by atoms with Gasteiger partial charge in [0.25, 0.3) is 19.4 Å². The zero-order valence-electron chi connectivity index (χ0n) is 30.0. The van der Waals surface area contributed by atoms with E-state index in [4.69, 9.17) is 30.8 Å². The number of hydrogen-bond acceptors (Lipinski definition) is 13. The van der Waals surface area contributed by atoms with Crippen molar-refractivity contribution in [2.24, 2.45) is 0 Å². The fourth-order valence-electron chi connectivity index (χ4n) is 4.86. The first-order chi connectivity index (χ1) is 28.0. The summed E-state index contributed by atoms with van der Waals surface area (Å²) < 4.78 is 52.3. The maximum Gasteiger partial charge on any atom is 2.00 e. The number of hydrogen-bond donors (Lipinski definition) is 1. The number of benzene rings is 2. The Hall–Kier alpha value is -7.33. The Kier molecular flexibility index (Phi) is 18.0. The van der Waals surface area contributed by atoms with Crippen molar-refractivity contribution in [2.75, 3.05) is 4.90 Å². The predicted molar refractivity (Wildman–Crippen MR) is 212 cm³/mol. The van der Waals surface area contributed by atoms with Crippen molar-refractivity contribution in [3.8, 4) is 40.0 Å². The zero-order valence-corrected chi connectivity index (χ0v) is 32.5. The number of halogens is 3. The average molecular weight is 906 g/mol. The van der Waals surface area contributed by atoms with E-state index in [0.29, 0.717) is 47.5 Å². The van der Waals surface area contributed by atoms with E-state index in [1.165, 1.54) is 66.2 Å². The molecule has 0 fully saturated rings. The first-order valence-electron chi connectivity index (χ1n) is 16.2. The molecule has 0 saturated heterocycles. The first-order valence-corrected chi connectivity index (χ1v) is 16.6. The fourth-order valence-corrected chi connectivity index (χ4v) is 4.86. The number of ether oxygens (including phenoxy) is 3. The Morgan fingerprint density at radius 3 is 1.54 bits per heavy atom. The van der Waals surface area contributed by atoms with Gasteiger partial charge in [-0.05, 0) is 54.6 Å². The van der Waals surface area contributed by atoms with Crippen molar-refractivity contribution in [2.45, 2.75) is 6.18 Å². The summed E-state index contributed by atoms with van der Waals surface area (Å²) in [5.41, 5.74) is 9.69. The van der Waals surface area contributed by atoms with E-state index in [9.17, 15) is 27.6 Å². The fraction of sp³-hybridized carbons (Fsp3) is 0.0250. The summed E-state index contributed by atoms with van der Waals surface area (Å²) in [6.07, 6.45) is -0.0201. The monoisotopic (exact) mass is 906 g/mol. The number of pyridine rings is 4. The van der Waals surface area contributed by atoms with E-state index < -0.39 is 17.6 Å². The molecule has 0 bridgehead atoms. The summed E-state index contributed by atoms with van der Waals surface area (Å²) in [6.45, 7) is 0.875. The SMILES string of the molecule is N=C(/C=C(\[NH-])c1cc(N(c2ccccc2)c2ccccc2)ccn1)C(F)(F)F.O=COc1ccnc(-c2cc(OC=O)cc(-c3cc(OC=O)ccn3)n2)c1.[N-]=C=S.[Ru+2]. The topological polar surface area (TPSA) is 204 Å². The summed E-state index contributed by atoms with van der Waals surface area (Å²) in [5.74, 6) is 0.760. The molecule has 14 nitrogen and oxygen atoms in total. The number of para-hydroxylation sites is 2. The number of aromatic nitrogens is 4. The number of allylic oxidation sites excluding steroid dienone is 1. The van der Waals surface area contributed by atoms with Gasteiger partial charge in [-0.15, -0.1) is 5.70 Å². The minimum atomic E-state index is -4.80. The van der Waals surface area contributed by atoms with Crippen molar-refractivity contribution in [3.05, 3.63) is 151 Å². The molecule has 0 amide bonds. The molecular weight excluding hydrogens is 879 g/mol. The largest absolute Gasteiger partial charge is 2.00 e. The molecule has 59 heavy (non-hydrogen) atoms. The van der Waals surface area contributed by atoms with Gasteiger partial charge >= 0.3 is 25.7 Å². The number of isothiocyanates is 1. The van der Waals surface area contributed by atoms with Crippen LogP contribution < -0.4 is 19.1 Å². The Labute approximate surface area is 352 Å². The molecule has 0 aliphatic carbocycles.